The van der Waals surface area contributed by atoms with Gasteiger partial charge in [0.25, 0.3) is 5.91 Å². The lowest BCUT2D eigenvalue weighted by Crippen LogP contribution is -2.15. The first-order chi connectivity index (χ1) is 14.0. The molecule has 0 aliphatic rings. The molecule has 2 aromatic rings. The minimum absolute atomic E-state index is 0.112. The lowest BCUT2D eigenvalue weighted by atomic mass is 10.1. The SMILES string of the molecule is CCOc1ccc(N/C=C(/C#N)C(=O)Nc2cccc(C(C)=O)c2)cc1OCC. The molecule has 0 aromatic heterocycles. The summed E-state index contributed by atoms with van der Waals surface area (Å²) >= 11 is 0. The Hall–Kier alpha value is -3.79. The van der Waals surface area contributed by atoms with Gasteiger partial charge >= 0.3 is 0 Å². The van der Waals surface area contributed by atoms with Crippen molar-refractivity contribution in [3.8, 4) is 17.6 Å². The normalized spacial score (nSPS) is 10.6. The highest BCUT2D eigenvalue weighted by Gasteiger charge is 2.11. The van der Waals surface area contributed by atoms with Crippen LogP contribution in [0.4, 0.5) is 11.4 Å². The average Bonchev–Trinajstić information content (AvgIpc) is 2.70. The van der Waals surface area contributed by atoms with Crippen LogP contribution in [-0.4, -0.2) is 24.9 Å². The molecular formula is C22H23N3O4. The van der Waals surface area contributed by atoms with Gasteiger partial charge in [0.05, 0.1) is 13.2 Å². The van der Waals surface area contributed by atoms with Gasteiger partial charge < -0.3 is 20.1 Å². The molecule has 2 aromatic carbocycles. The van der Waals surface area contributed by atoms with Crippen LogP contribution in [0.15, 0.2) is 54.2 Å². The van der Waals surface area contributed by atoms with E-state index in [9.17, 15) is 14.9 Å². The predicted octanol–water partition coefficient (Wildman–Crippen LogP) is 4.14. The van der Waals surface area contributed by atoms with Crippen LogP contribution in [0.25, 0.3) is 0 Å². The summed E-state index contributed by atoms with van der Waals surface area (Å²) in [6.07, 6.45) is 1.32. The van der Waals surface area contributed by atoms with E-state index < -0.39 is 5.91 Å². The number of nitrogens with zero attached hydrogens (tertiary/aromatic N) is 1. The second-order valence-corrected chi connectivity index (χ2v) is 5.93. The van der Waals surface area contributed by atoms with Gasteiger partial charge in [-0.2, -0.15) is 5.26 Å². The van der Waals surface area contributed by atoms with E-state index in [-0.39, 0.29) is 11.4 Å². The number of nitriles is 1. The van der Waals surface area contributed by atoms with Gasteiger partial charge in [-0.15, -0.1) is 0 Å². The van der Waals surface area contributed by atoms with E-state index in [1.807, 2.05) is 19.9 Å². The smallest absolute Gasteiger partial charge is 0.267 e. The van der Waals surface area contributed by atoms with Crippen LogP contribution in [0.1, 0.15) is 31.1 Å². The van der Waals surface area contributed by atoms with Crippen molar-refractivity contribution >= 4 is 23.1 Å². The molecule has 1 amide bonds. The molecule has 7 nitrogen and oxygen atoms in total. The summed E-state index contributed by atoms with van der Waals surface area (Å²) < 4.78 is 11.1. The first kappa shape index (κ1) is 21.5. The molecular weight excluding hydrogens is 370 g/mol. The number of anilines is 2. The first-order valence-electron chi connectivity index (χ1n) is 9.17. The van der Waals surface area contributed by atoms with Crippen molar-refractivity contribution in [1.82, 2.24) is 0 Å². The Morgan fingerprint density at radius 3 is 2.41 bits per heavy atom. The Morgan fingerprint density at radius 2 is 1.76 bits per heavy atom. The number of ketones is 1. The van der Waals surface area contributed by atoms with Crippen LogP contribution in [0.2, 0.25) is 0 Å². The van der Waals surface area contributed by atoms with Crippen LogP contribution < -0.4 is 20.1 Å². The molecule has 0 unspecified atom stereocenters. The van der Waals surface area contributed by atoms with Gasteiger partial charge in [-0.1, -0.05) is 12.1 Å². The van der Waals surface area contributed by atoms with E-state index in [1.54, 1.807) is 42.5 Å². The highest BCUT2D eigenvalue weighted by Crippen LogP contribution is 2.30. The molecule has 2 N–H and O–H groups in total. The summed E-state index contributed by atoms with van der Waals surface area (Å²) in [6.45, 7) is 6.18. The molecule has 0 saturated heterocycles. The topological polar surface area (TPSA) is 100 Å². The van der Waals surface area contributed by atoms with E-state index in [4.69, 9.17) is 9.47 Å². The highest BCUT2D eigenvalue weighted by molar-refractivity contribution is 6.07. The largest absolute Gasteiger partial charge is 0.490 e. The summed E-state index contributed by atoms with van der Waals surface area (Å²) in [5.41, 5.74) is 1.42. The third-order valence-corrected chi connectivity index (χ3v) is 3.82. The lowest BCUT2D eigenvalue weighted by Gasteiger charge is -2.12. The number of carbonyl (C=O) groups excluding carboxylic acids is 2. The molecule has 0 atom stereocenters. The lowest BCUT2D eigenvalue weighted by molar-refractivity contribution is -0.112. The van der Waals surface area contributed by atoms with Crippen molar-refractivity contribution in [3.05, 3.63) is 59.8 Å². The van der Waals surface area contributed by atoms with E-state index in [1.165, 1.54) is 13.1 Å². The van der Waals surface area contributed by atoms with Crippen molar-refractivity contribution in [3.63, 3.8) is 0 Å². The van der Waals surface area contributed by atoms with Crippen molar-refractivity contribution in [2.24, 2.45) is 0 Å². The molecule has 0 spiro atoms. The molecule has 0 fully saturated rings. The zero-order chi connectivity index (χ0) is 21.2. The first-order valence-corrected chi connectivity index (χ1v) is 9.17. The Kier molecular flexibility index (Phi) is 7.80. The molecule has 0 aliphatic carbocycles. The van der Waals surface area contributed by atoms with E-state index >= 15 is 0 Å². The number of hydrogen-bond donors (Lipinski definition) is 2. The third-order valence-electron chi connectivity index (χ3n) is 3.82. The number of ether oxygens (including phenoxy) is 2. The fourth-order valence-electron chi connectivity index (χ4n) is 2.46. The average molecular weight is 393 g/mol. The number of rotatable bonds is 9. The Morgan fingerprint density at radius 1 is 1.03 bits per heavy atom. The molecule has 0 heterocycles. The second kappa shape index (κ2) is 10.5. The standard InChI is InChI=1S/C22H23N3O4/c1-4-28-20-10-9-18(12-21(20)29-5-2)24-14-17(13-23)22(27)25-19-8-6-7-16(11-19)15(3)26/h6-12,14,24H,4-5H2,1-3H3,(H,25,27)/b17-14-. The van der Waals surface area contributed by atoms with E-state index in [0.29, 0.717) is 41.7 Å². The van der Waals surface area contributed by atoms with Gasteiger partial charge in [0.2, 0.25) is 0 Å². The number of benzene rings is 2. The van der Waals surface area contributed by atoms with Crippen molar-refractivity contribution in [2.75, 3.05) is 23.8 Å². The molecule has 29 heavy (non-hydrogen) atoms. The molecule has 0 aliphatic heterocycles. The summed E-state index contributed by atoms with van der Waals surface area (Å²) in [5, 5.41) is 14.9. The Bertz CT molecular complexity index is 961. The van der Waals surface area contributed by atoms with Gasteiger partial charge in [0.15, 0.2) is 17.3 Å². The van der Waals surface area contributed by atoms with Gasteiger partial charge in [-0.05, 0) is 45.0 Å². The van der Waals surface area contributed by atoms with Crippen LogP contribution in [0.3, 0.4) is 0 Å². The fourth-order valence-corrected chi connectivity index (χ4v) is 2.46. The van der Waals surface area contributed by atoms with E-state index in [0.717, 1.165) is 0 Å². The molecule has 0 saturated carbocycles. The van der Waals surface area contributed by atoms with Gasteiger partial charge in [-0.3, -0.25) is 9.59 Å². The molecule has 7 heteroatoms. The minimum atomic E-state index is -0.586. The zero-order valence-corrected chi connectivity index (χ0v) is 16.6. The van der Waals surface area contributed by atoms with Gasteiger partial charge in [0, 0.05) is 29.2 Å². The van der Waals surface area contributed by atoms with Crippen molar-refractivity contribution < 1.29 is 19.1 Å². The van der Waals surface area contributed by atoms with Crippen LogP contribution in [0, 0.1) is 11.3 Å². The van der Waals surface area contributed by atoms with Gasteiger partial charge in [0.1, 0.15) is 11.6 Å². The second-order valence-electron chi connectivity index (χ2n) is 5.93. The number of amides is 1. The number of carbonyl (C=O) groups is 2. The molecule has 0 radical (unpaired) electrons. The summed E-state index contributed by atoms with van der Waals surface area (Å²) in [6, 6.07) is 13.6. The Balaban J connectivity index is 2.14. The van der Waals surface area contributed by atoms with Crippen molar-refractivity contribution in [2.45, 2.75) is 20.8 Å². The summed E-state index contributed by atoms with van der Waals surface area (Å²) in [4.78, 5) is 23.8. The van der Waals surface area contributed by atoms with Crippen LogP contribution in [-0.2, 0) is 4.79 Å². The summed E-state index contributed by atoms with van der Waals surface area (Å²) in [5.74, 6) is 0.486. The molecule has 0 bridgehead atoms. The zero-order valence-electron chi connectivity index (χ0n) is 16.6. The molecule has 150 valence electrons. The maximum Gasteiger partial charge on any atom is 0.267 e. The fraction of sp³-hybridized carbons (Fsp3) is 0.227. The number of nitrogens with one attached hydrogen (secondary N) is 2. The Labute approximate surface area is 169 Å². The van der Waals surface area contributed by atoms with Crippen molar-refractivity contribution in [1.29, 1.82) is 5.26 Å². The summed E-state index contributed by atoms with van der Waals surface area (Å²) in [7, 11) is 0. The van der Waals surface area contributed by atoms with E-state index in [2.05, 4.69) is 10.6 Å². The molecule has 2 rings (SSSR count). The number of hydrogen-bond acceptors (Lipinski definition) is 6. The monoisotopic (exact) mass is 393 g/mol. The predicted molar refractivity (Wildman–Crippen MR) is 111 cm³/mol. The maximum absolute atomic E-state index is 12.4. The van der Waals surface area contributed by atoms with Gasteiger partial charge in [-0.25, -0.2) is 0 Å². The minimum Gasteiger partial charge on any atom is -0.490 e. The highest BCUT2D eigenvalue weighted by atomic mass is 16.5. The van der Waals surface area contributed by atoms with Crippen LogP contribution >= 0.6 is 0 Å². The third kappa shape index (κ3) is 6.11. The number of Topliss-reactive ketones (excluding diaryl/α,β-unsaturated/α-hetero) is 1. The van der Waals surface area contributed by atoms with Crippen LogP contribution in [0.5, 0.6) is 11.5 Å². The maximum atomic E-state index is 12.4. The quantitative estimate of drug-likeness (QED) is 0.377.